The maximum absolute atomic E-state index is 12.6. The highest BCUT2D eigenvalue weighted by atomic mass is 32.2. The summed E-state index contributed by atoms with van der Waals surface area (Å²) in [6.07, 6.45) is -0.717. The molecule has 0 saturated heterocycles. The molecule has 0 amide bonds. The van der Waals surface area contributed by atoms with Crippen LogP contribution in [0.15, 0.2) is 11.5 Å². The maximum atomic E-state index is 12.6. The lowest BCUT2D eigenvalue weighted by molar-refractivity contribution is -0.155. The van der Waals surface area contributed by atoms with Gasteiger partial charge in [-0.25, -0.2) is 4.79 Å². The first-order chi connectivity index (χ1) is 10.6. The molecular formula is C14H21F3O6S. The molecule has 0 spiro atoms. The monoisotopic (exact) mass is 374 g/mol. The Morgan fingerprint density at radius 3 is 2.08 bits per heavy atom. The van der Waals surface area contributed by atoms with Crippen LogP contribution < -0.4 is 0 Å². The van der Waals surface area contributed by atoms with Crippen molar-refractivity contribution in [3.8, 4) is 0 Å². The van der Waals surface area contributed by atoms with Gasteiger partial charge >= 0.3 is 21.6 Å². The smallest absolute Gasteiger partial charge is 0.480 e. The van der Waals surface area contributed by atoms with Crippen LogP contribution in [-0.2, 0) is 28.6 Å². The Bertz CT molecular complexity index is 628. The van der Waals surface area contributed by atoms with E-state index >= 15 is 0 Å². The van der Waals surface area contributed by atoms with E-state index in [1.165, 1.54) is 6.92 Å². The van der Waals surface area contributed by atoms with Crippen molar-refractivity contribution in [1.82, 2.24) is 0 Å². The summed E-state index contributed by atoms with van der Waals surface area (Å²) in [5.74, 6) is -3.49. The highest BCUT2D eigenvalue weighted by Crippen LogP contribution is 2.39. The van der Waals surface area contributed by atoms with Gasteiger partial charge < -0.3 is 13.7 Å². The SMILES string of the molecule is CC(C)C1OC(C(=O)OC(C)(C)C)=C(OS(=O)(=O)C(F)(F)F)C1C. The molecule has 0 N–H and O–H groups in total. The third-order valence-corrected chi connectivity index (χ3v) is 4.07. The number of halogens is 3. The van der Waals surface area contributed by atoms with Crippen LogP contribution in [0.1, 0.15) is 41.5 Å². The first kappa shape index (κ1) is 20.6. The van der Waals surface area contributed by atoms with Gasteiger partial charge in [-0.2, -0.15) is 21.6 Å². The molecule has 1 rings (SSSR count). The van der Waals surface area contributed by atoms with Gasteiger partial charge in [-0.05, 0) is 26.7 Å². The van der Waals surface area contributed by atoms with Crippen LogP contribution in [0.25, 0.3) is 0 Å². The lowest BCUT2D eigenvalue weighted by Crippen LogP contribution is -2.28. The fraction of sp³-hybridized carbons (Fsp3) is 0.786. The highest BCUT2D eigenvalue weighted by molar-refractivity contribution is 7.87. The van der Waals surface area contributed by atoms with E-state index in [1.54, 1.807) is 34.6 Å². The van der Waals surface area contributed by atoms with Gasteiger partial charge in [0, 0.05) is 0 Å². The fourth-order valence-electron chi connectivity index (χ4n) is 2.12. The van der Waals surface area contributed by atoms with Crippen molar-refractivity contribution in [1.29, 1.82) is 0 Å². The molecule has 24 heavy (non-hydrogen) atoms. The summed E-state index contributed by atoms with van der Waals surface area (Å²) in [6, 6.07) is 0. The molecule has 1 heterocycles. The van der Waals surface area contributed by atoms with E-state index in [0.717, 1.165) is 0 Å². The van der Waals surface area contributed by atoms with E-state index < -0.39 is 50.7 Å². The van der Waals surface area contributed by atoms with Crippen LogP contribution in [0, 0.1) is 11.8 Å². The van der Waals surface area contributed by atoms with E-state index in [4.69, 9.17) is 9.47 Å². The van der Waals surface area contributed by atoms with Crippen molar-refractivity contribution < 1.29 is 40.0 Å². The predicted molar refractivity (Wildman–Crippen MR) is 77.8 cm³/mol. The van der Waals surface area contributed by atoms with Crippen LogP contribution in [-0.4, -0.2) is 31.6 Å². The van der Waals surface area contributed by atoms with Crippen LogP contribution in [0.3, 0.4) is 0 Å². The van der Waals surface area contributed by atoms with E-state index in [1.807, 2.05) is 0 Å². The van der Waals surface area contributed by atoms with Gasteiger partial charge in [-0.1, -0.05) is 20.8 Å². The number of alkyl halides is 3. The first-order valence-electron chi connectivity index (χ1n) is 7.21. The van der Waals surface area contributed by atoms with Gasteiger partial charge in [-0.15, -0.1) is 0 Å². The van der Waals surface area contributed by atoms with Crippen molar-refractivity contribution in [3.05, 3.63) is 11.5 Å². The maximum Gasteiger partial charge on any atom is 0.534 e. The Morgan fingerprint density at radius 2 is 1.71 bits per heavy atom. The Balaban J connectivity index is 3.28. The second-order valence-corrected chi connectivity index (χ2v) is 8.33. The summed E-state index contributed by atoms with van der Waals surface area (Å²) >= 11 is 0. The van der Waals surface area contributed by atoms with Crippen LogP contribution in [0.4, 0.5) is 13.2 Å². The second kappa shape index (κ2) is 6.45. The third kappa shape index (κ3) is 4.55. The predicted octanol–water partition coefficient (Wildman–Crippen LogP) is 3.10. The number of rotatable bonds is 4. The molecule has 2 atom stereocenters. The first-order valence-corrected chi connectivity index (χ1v) is 8.62. The Hall–Kier alpha value is -1.45. The average Bonchev–Trinajstić information content (AvgIpc) is 2.63. The molecule has 140 valence electrons. The number of esters is 1. The molecule has 2 unspecified atom stereocenters. The van der Waals surface area contributed by atoms with E-state index in [9.17, 15) is 26.4 Å². The summed E-state index contributed by atoms with van der Waals surface area (Å²) < 4.78 is 74.9. The molecule has 0 fully saturated rings. The molecular weight excluding hydrogens is 353 g/mol. The third-order valence-electron chi connectivity index (χ3n) is 3.11. The van der Waals surface area contributed by atoms with Crippen molar-refractivity contribution >= 4 is 16.1 Å². The zero-order chi connectivity index (χ0) is 19.1. The number of ether oxygens (including phenoxy) is 2. The van der Waals surface area contributed by atoms with Crippen LogP contribution in [0.5, 0.6) is 0 Å². The molecule has 0 aliphatic carbocycles. The number of hydrogen-bond donors (Lipinski definition) is 0. The molecule has 0 aromatic rings. The van der Waals surface area contributed by atoms with Gasteiger partial charge in [0.25, 0.3) is 0 Å². The summed E-state index contributed by atoms with van der Waals surface area (Å²) in [4.78, 5) is 12.2. The summed E-state index contributed by atoms with van der Waals surface area (Å²) in [5.41, 5.74) is -6.56. The summed E-state index contributed by atoms with van der Waals surface area (Å²) in [6.45, 7) is 9.51. The van der Waals surface area contributed by atoms with Crippen molar-refractivity contribution in [2.45, 2.75) is 58.8 Å². The van der Waals surface area contributed by atoms with Crippen molar-refractivity contribution in [2.75, 3.05) is 0 Å². The molecule has 0 aromatic carbocycles. The minimum absolute atomic E-state index is 0.202. The van der Waals surface area contributed by atoms with Gasteiger partial charge in [0.2, 0.25) is 5.76 Å². The normalized spacial score (nSPS) is 22.6. The molecule has 1 aliphatic heterocycles. The average molecular weight is 374 g/mol. The number of hydrogen-bond acceptors (Lipinski definition) is 6. The lowest BCUT2D eigenvalue weighted by atomic mass is 9.95. The number of carbonyl (C=O) groups excluding carboxylic acids is 1. The summed E-state index contributed by atoms with van der Waals surface area (Å²) in [7, 11) is -5.92. The quantitative estimate of drug-likeness (QED) is 0.427. The van der Waals surface area contributed by atoms with Gasteiger partial charge in [0.15, 0.2) is 5.76 Å². The zero-order valence-corrected chi connectivity index (χ0v) is 15.0. The highest BCUT2D eigenvalue weighted by Gasteiger charge is 2.52. The minimum Gasteiger partial charge on any atom is -0.480 e. The lowest BCUT2D eigenvalue weighted by Gasteiger charge is -2.21. The largest absolute Gasteiger partial charge is 0.534 e. The van der Waals surface area contributed by atoms with Crippen LogP contribution >= 0.6 is 0 Å². The van der Waals surface area contributed by atoms with Gasteiger partial charge in [-0.3, -0.25) is 0 Å². The van der Waals surface area contributed by atoms with E-state index in [0.29, 0.717) is 0 Å². The van der Waals surface area contributed by atoms with Crippen molar-refractivity contribution in [3.63, 3.8) is 0 Å². The fourth-order valence-corrected chi connectivity index (χ4v) is 2.68. The van der Waals surface area contributed by atoms with Crippen molar-refractivity contribution in [2.24, 2.45) is 11.8 Å². The molecule has 1 aliphatic rings. The van der Waals surface area contributed by atoms with Gasteiger partial charge in [0.05, 0.1) is 5.92 Å². The van der Waals surface area contributed by atoms with Gasteiger partial charge in [0.1, 0.15) is 11.7 Å². The zero-order valence-electron chi connectivity index (χ0n) is 14.2. The van der Waals surface area contributed by atoms with E-state index in [-0.39, 0.29) is 5.92 Å². The Kier molecular flexibility index (Phi) is 5.54. The standard InChI is InChI=1S/C14H21F3O6S/c1-7(2)9-8(3)10(23-24(19,20)14(15,16)17)11(21-9)12(18)22-13(4,5)6/h7-9H,1-6H3. The topological polar surface area (TPSA) is 78.9 Å². The molecule has 6 nitrogen and oxygen atoms in total. The number of carbonyl (C=O) groups is 1. The molecule has 10 heteroatoms. The second-order valence-electron chi connectivity index (χ2n) is 6.79. The summed E-state index contributed by atoms with van der Waals surface area (Å²) in [5, 5.41) is 0. The molecule has 0 bridgehead atoms. The molecule has 0 aromatic heterocycles. The van der Waals surface area contributed by atoms with E-state index in [2.05, 4.69) is 4.18 Å². The Morgan fingerprint density at radius 1 is 1.21 bits per heavy atom. The minimum atomic E-state index is -5.92. The van der Waals surface area contributed by atoms with Crippen LogP contribution in [0.2, 0.25) is 0 Å². The molecule has 0 saturated carbocycles. The molecule has 0 radical (unpaired) electrons. The Labute approximate surface area is 139 Å².